The molecule has 1 unspecified atom stereocenters. The van der Waals surface area contributed by atoms with Crippen molar-refractivity contribution < 1.29 is 23.8 Å². The van der Waals surface area contributed by atoms with E-state index in [0.29, 0.717) is 31.1 Å². The number of benzene rings is 4. The number of likely N-dealkylation sites (tertiary alicyclic amines) is 1. The Labute approximate surface area is 264 Å². The van der Waals surface area contributed by atoms with Crippen molar-refractivity contribution in [2.24, 2.45) is 5.41 Å². The van der Waals surface area contributed by atoms with Crippen molar-refractivity contribution in [3.8, 4) is 11.5 Å². The molecule has 2 heterocycles. The fourth-order valence-corrected chi connectivity index (χ4v) is 7.38. The lowest BCUT2D eigenvalue weighted by Gasteiger charge is -2.34. The van der Waals surface area contributed by atoms with Gasteiger partial charge in [-0.05, 0) is 46.9 Å². The molecular formula is C38H38N2O5. The van der Waals surface area contributed by atoms with E-state index < -0.39 is 17.6 Å². The number of methoxy groups -OCH3 is 1. The molecule has 2 aliphatic heterocycles. The van der Waals surface area contributed by atoms with Gasteiger partial charge < -0.3 is 14.2 Å². The number of hydrogen-bond donors (Lipinski definition) is 0. The average Bonchev–Trinajstić information content (AvgIpc) is 3.76. The second kappa shape index (κ2) is 12.1. The molecule has 230 valence electrons. The molecule has 3 atom stereocenters. The van der Waals surface area contributed by atoms with E-state index in [1.165, 1.54) is 21.6 Å². The summed E-state index contributed by atoms with van der Waals surface area (Å²) in [7, 11) is 1.65. The minimum atomic E-state index is -0.902. The fraction of sp³-hybridized carbons (Fsp3) is 0.316. The minimum Gasteiger partial charge on any atom is -0.493 e. The Hall–Kier alpha value is -4.62. The third kappa shape index (κ3) is 5.57. The minimum absolute atomic E-state index is 0.00345. The third-order valence-corrected chi connectivity index (χ3v) is 9.67. The van der Waals surface area contributed by atoms with Gasteiger partial charge in [0.2, 0.25) is 5.91 Å². The number of cyclic esters (lactones) is 1. The van der Waals surface area contributed by atoms with Crippen molar-refractivity contribution in [2.75, 3.05) is 26.8 Å². The van der Waals surface area contributed by atoms with Gasteiger partial charge in [0.25, 0.3) is 0 Å². The molecule has 0 aromatic heterocycles. The molecule has 2 fully saturated rings. The molecule has 0 saturated carbocycles. The lowest BCUT2D eigenvalue weighted by Crippen LogP contribution is -2.47. The van der Waals surface area contributed by atoms with Crippen LogP contribution in [-0.2, 0) is 28.9 Å². The Kier molecular flexibility index (Phi) is 7.80. The number of nitrogens with zero attached hydrogens (tertiary/aromatic N) is 2. The van der Waals surface area contributed by atoms with Crippen LogP contribution in [-0.4, -0.2) is 54.7 Å². The largest absolute Gasteiger partial charge is 0.493 e. The number of amides is 2. The Balaban J connectivity index is 1.22. The van der Waals surface area contributed by atoms with Gasteiger partial charge in [-0.1, -0.05) is 91.0 Å². The van der Waals surface area contributed by atoms with E-state index in [0.717, 1.165) is 24.0 Å². The number of imide groups is 1. The maximum atomic E-state index is 14.7. The Morgan fingerprint density at radius 2 is 1.53 bits per heavy atom. The zero-order valence-electron chi connectivity index (χ0n) is 25.7. The van der Waals surface area contributed by atoms with Gasteiger partial charge in [0.15, 0.2) is 11.5 Å². The summed E-state index contributed by atoms with van der Waals surface area (Å²) >= 11 is 0. The zero-order chi connectivity index (χ0) is 31.0. The van der Waals surface area contributed by atoms with Crippen molar-refractivity contribution >= 4 is 12.0 Å². The molecule has 2 saturated heterocycles. The van der Waals surface area contributed by atoms with Crippen LogP contribution < -0.4 is 9.47 Å². The van der Waals surface area contributed by atoms with Crippen LogP contribution in [0.25, 0.3) is 0 Å². The highest BCUT2D eigenvalue weighted by molar-refractivity contribution is 5.97. The lowest BCUT2D eigenvalue weighted by atomic mass is 9.74. The quantitative estimate of drug-likeness (QED) is 0.227. The van der Waals surface area contributed by atoms with Crippen LogP contribution in [0.5, 0.6) is 11.5 Å². The van der Waals surface area contributed by atoms with E-state index in [9.17, 15) is 9.59 Å². The van der Waals surface area contributed by atoms with Crippen LogP contribution in [0, 0.1) is 5.41 Å². The predicted octanol–water partition coefficient (Wildman–Crippen LogP) is 6.57. The number of ether oxygens (including phenoxy) is 3. The van der Waals surface area contributed by atoms with Gasteiger partial charge in [0, 0.05) is 38.4 Å². The van der Waals surface area contributed by atoms with Crippen molar-refractivity contribution in [2.45, 2.75) is 44.4 Å². The first kappa shape index (κ1) is 29.1. The molecule has 3 aliphatic rings. The van der Waals surface area contributed by atoms with Crippen molar-refractivity contribution in [3.63, 3.8) is 0 Å². The smallest absolute Gasteiger partial charge is 0.417 e. The Morgan fingerprint density at radius 1 is 0.867 bits per heavy atom. The van der Waals surface area contributed by atoms with Crippen LogP contribution in [0.2, 0.25) is 0 Å². The molecule has 1 aliphatic carbocycles. The molecule has 4 aromatic carbocycles. The normalized spacial score (nSPS) is 23.2. The van der Waals surface area contributed by atoms with Crippen LogP contribution in [0.4, 0.5) is 4.79 Å². The van der Waals surface area contributed by atoms with Crippen LogP contribution in [0.3, 0.4) is 0 Å². The molecule has 7 rings (SSSR count). The summed E-state index contributed by atoms with van der Waals surface area (Å²) in [6.07, 6.45) is 1.09. The molecule has 0 bridgehead atoms. The van der Waals surface area contributed by atoms with E-state index >= 15 is 0 Å². The Bertz CT molecular complexity index is 1670. The maximum Gasteiger partial charge on any atom is 0.417 e. The summed E-state index contributed by atoms with van der Waals surface area (Å²) in [5.41, 5.74) is 4.77. The van der Waals surface area contributed by atoms with Crippen molar-refractivity contribution in [3.05, 3.63) is 131 Å². The molecular weight excluding hydrogens is 564 g/mol. The predicted molar refractivity (Wildman–Crippen MR) is 171 cm³/mol. The number of rotatable bonds is 8. The number of hydrogen-bond acceptors (Lipinski definition) is 6. The summed E-state index contributed by atoms with van der Waals surface area (Å²) in [5.74, 6) is 0.914. The highest BCUT2D eigenvalue weighted by Crippen LogP contribution is 2.48. The first-order valence-electron chi connectivity index (χ1n) is 15.7. The van der Waals surface area contributed by atoms with E-state index in [2.05, 4.69) is 41.3 Å². The second-order valence-corrected chi connectivity index (χ2v) is 12.6. The molecule has 0 radical (unpaired) electrons. The van der Waals surface area contributed by atoms with E-state index in [4.69, 9.17) is 14.2 Å². The van der Waals surface area contributed by atoms with Crippen molar-refractivity contribution in [1.82, 2.24) is 9.80 Å². The van der Waals surface area contributed by atoms with E-state index in [1.807, 2.05) is 73.7 Å². The molecule has 2 amide bonds. The SMILES string of the molecule is COc1ccc(C2CN(Cc3ccccc3)C[C@@]2(C)C(=O)N2C(=O)OC[C@H]2c2ccccc2)cc1OC1Cc2ccccc2C1. The van der Waals surface area contributed by atoms with Crippen molar-refractivity contribution in [1.29, 1.82) is 0 Å². The van der Waals surface area contributed by atoms with Gasteiger partial charge >= 0.3 is 6.09 Å². The standard InChI is InChI=1S/C38H38N2O5/c1-38(36(41)40-33(24-44-37(40)42)27-13-7-4-8-14-27)25-39(22-26-11-5-3-6-12-26)23-32(38)30-17-18-34(43-2)35(21-30)45-31-19-28-15-9-10-16-29(28)20-31/h3-18,21,31-33H,19-20,22-25H2,1-2H3/t32?,33-,38+/m0/s1. The lowest BCUT2D eigenvalue weighted by molar-refractivity contribution is -0.139. The maximum absolute atomic E-state index is 14.7. The first-order chi connectivity index (χ1) is 21.9. The van der Waals surface area contributed by atoms with E-state index in [1.54, 1.807) is 7.11 Å². The number of carbonyl (C=O) groups excluding carboxylic acids is 2. The Morgan fingerprint density at radius 3 is 2.22 bits per heavy atom. The third-order valence-electron chi connectivity index (χ3n) is 9.67. The molecule has 0 N–H and O–H groups in total. The summed E-state index contributed by atoms with van der Waals surface area (Å²) in [6, 6.07) is 34.0. The zero-order valence-corrected chi connectivity index (χ0v) is 25.7. The summed E-state index contributed by atoms with van der Waals surface area (Å²) in [4.78, 5) is 31.5. The summed E-state index contributed by atoms with van der Waals surface area (Å²) in [6.45, 7) is 3.99. The second-order valence-electron chi connectivity index (χ2n) is 12.6. The molecule has 7 heteroatoms. The first-order valence-corrected chi connectivity index (χ1v) is 15.7. The summed E-state index contributed by atoms with van der Waals surface area (Å²) < 4.78 is 17.8. The van der Waals surface area contributed by atoms with Gasteiger partial charge in [-0.25, -0.2) is 9.69 Å². The van der Waals surface area contributed by atoms with Gasteiger partial charge in [0.05, 0.1) is 12.5 Å². The molecule has 7 nitrogen and oxygen atoms in total. The highest BCUT2D eigenvalue weighted by atomic mass is 16.6. The van der Waals surface area contributed by atoms with Crippen LogP contribution in [0.15, 0.2) is 103 Å². The highest BCUT2D eigenvalue weighted by Gasteiger charge is 2.54. The monoisotopic (exact) mass is 602 g/mol. The van der Waals surface area contributed by atoms with E-state index in [-0.39, 0.29) is 24.5 Å². The fourth-order valence-electron chi connectivity index (χ4n) is 7.38. The molecule has 4 aromatic rings. The average molecular weight is 603 g/mol. The molecule has 0 spiro atoms. The van der Waals surface area contributed by atoms with Gasteiger partial charge in [0.1, 0.15) is 18.8 Å². The van der Waals surface area contributed by atoms with Gasteiger partial charge in [-0.3, -0.25) is 9.69 Å². The summed E-state index contributed by atoms with van der Waals surface area (Å²) in [5, 5.41) is 0. The number of fused-ring (bicyclic) bond motifs is 1. The van der Waals surface area contributed by atoms with Gasteiger partial charge in [-0.15, -0.1) is 0 Å². The van der Waals surface area contributed by atoms with Gasteiger partial charge in [-0.2, -0.15) is 0 Å². The number of carbonyl (C=O) groups is 2. The molecule has 45 heavy (non-hydrogen) atoms. The van der Waals surface area contributed by atoms with Crippen LogP contribution >= 0.6 is 0 Å². The topological polar surface area (TPSA) is 68.3 Å². The van der Waals surface area contributed by atoms with Crippen LogP contribution in [0.1, 0.15) is 46.7 Å².